The number of anilines is 2. The molecule has 2 rings (SSSR count). The van der Waals surface area contributed by atoms with Crippen molar-refractivity contribution in [3.05, 3.63) is 58.3 Å². The summed E-state index contributed by atoms with van der Waals surface area (Å²) in [6.45, 7) is 1.06. The number of hydrogen-bond donors (Lipinski definition) is 2. The molecule has 23 heavy (non-hydrogen) atoms. The lowest BCUT2D eigenvalue weighted by atomic mass is 10.1. The van der Waals surface area contributed by atoms with Crippen LogP contribution in [0, 0.1) is 10.1 Å². The topological polar surface area (TPSA) is 106 Å². The molecule has 0 saturated heterocycles. The first-order valence-corrected chi connectivity index (χ1v) is 6.87. The molecule has 0 amide bonds. The second-order valence-electron chi connectivity index (χ2n) is 4.55. The molecule has 0 fully saturated rings. The molecule has 120 valence electrons. The molecule has 0 unspecified atom stereocenters. The minimum atomic E-state index is -0.631. The van der Waals surface area contributed by atoms with Crippen LogP contribution in [-0.2, 0) is 4.74 Å². The third kappa shape index (κ3) is 4.40. The van der Waals surface area contributed by atoms with E-state index < -0.39 is 10.9 Å². The quantitative estimate of drug-likeness (QED) is 0.349. The first kappa shape index (κ1) is 16.2. The zero-order valence-electron chi connectivity index (χ0n) is 12.5. The number of carbonyl (C=O) groups excluding carboxylic acids is 1. The van der Waals surface area contributed by atoms with E-state index in [4.69, 9.17) is 0 Å². The lowest BCUT2D eigenvalue weighted by molar-refractivity contribution is -0.384. The van der Waals surface area contributed by atoms with Crippen LogP contribution in [0.2, 0.25) is 0 Å². The van der Waals surface area contributed by atoms with Gasteiger partial charge in [0.25, 0.3) is 5.69 Å². The summed E-state index contributed by atoms with van der Waals surface area (Å²) in [6, 6.07) is 9.55. The van der Waals surface area contributed by atoms with Crippen LogP contribution >= 0.6 is 0 Å². The van der Waals surface area contributed by atoms with Gasteiger partial charge in [0.1, 0.15) is 5.82 Å². The number of carbonyl (C=O) groups is 1. The highest BCUT2D eigenvalue weighted by atomic mass is 16.6. The second kappa shape index (κ2) is 7.74. The summed E-state index contributed by atoms with van der Waals surface area (Å²) in [5.74, 6) is 0.111. The summed E-state index contributed by atoms with van der Waals surface area (Å²) in [7, 11) is 1.23. The van der Waals surface area contributed by atoms with Gasteiger partial charge in [-0.3, -0.25) is 10.1 Å². The van der Waals surface area contributed by atoms with Crippen LogP contribution in [-0.4, -0.2) is 36.1 Å². The van der Waals surface area contributed by atoms with Crippen molar-refractivity contribution in [1.29, 1.82) is 0 Å². The van der Waals surface area contributed by atoms with Crippen LogP contribution in [0.25, 0.3) is 0 Å². The van der Waals surface area contributed by atoms with E-state index in [-0.39, 0.29) is 11.3 Å². The minimum Gasteiger partial charge on any atom is -0.465 e. The molecule has 0 atom stereocenters. The van der Waals surface area contributed by atoms with Crippen LogP contribution < -0.4 is 10.6 Å². The van der Waals surface area contributed by atoms with Gasteiger partial charge in [0.2, 0.25) is 0 Å². The predicted molar refractivity (Wildman–Crippen MR) is 85.7 cm³/mol. The van der Waals surface area contributed by atoms with Crippen molar-refractivity contribution in [1.82, 2.24) is 4.98 Å². The van der Waals surface area contributed by atoms with Crippen LogP contribution in [0.1, 0.15) is 10.4 Å². The van der Waals surface area contributed by atoms with Crippen LogP contribution in [0.3, 0.4) is 0 Å². The summed E-state index contributed by atoms with van der Waals surface area (Å²) in [5.41, 5.74) is 0.437. The molecule has 0 aliphatic rings. The van der Waals surface area contributed by atoms with Crippen molar-refractivity contribution in [2.75, 3.05) is 30.8 Å². The average Bonchev–Trinajstić information content (AvgIpc) is 2.58. The van der Waals surface area contributed by atoms with Gasteiger partial charge >= 0.3 is 5.97 Å². The van der Waals surface area contributed by atoms with Gasteiger partial charge in [-0.1, -0.05) is 6.07 Å². The zero-order chi connectivity index (χ0) is 16.7. The highest BCUT2D eigenvalue weighted by Gasteiger charge is 2.16. The van der Waals surface area contributed by atoms with Gasteiger partial charge in [0.05, 0.1) is 17.6 Å². The first-order valence-electron chi connectivity index (χ1n) is 6.87. The number of aromatic nitrogens is 1. The Kier molecular flexibility index (Phi) is 5.45. The largest absolute Gasteiger partial charge is 0.465 e. The maximum atomic E-state index is 11.8. The number of benzene rings is 1. The van der Waals surface area contributed by atoms with Crippen LogP contribution in [0.15, 0.2) is 42.6 Å². The normalized spacial score (nSPS) is 9.96. The van der Waals surface area contributed by atoms with E-state index in [2.05, 4.69) is 20.4 Å². The summed E-state index contributed by atoms with van der Waals surface area (Å²) < 4.78 is 4.66. The fourth-order valence-electron chi connectivity index (χ4n) is 1.93. The summed E-state index contributed by atoms with van der Waals surface area (Å²) in [5, 5.41) is 17.0. The van der Waals surface area contributed by atoms with E-state index in [1.165, 1.54) is 25.3 Å². The van der Waals surface area contributed by atoms with Crippen molar-refractivity contribution >= 4 is 23.2 Å². The third-order valence-corrected chi connectivity index (χ3v) is 3.03. The molecule has 8 nitrogen and oxygen atoms in total. The highest BCUT2D eigenvalue weighted by molar-refractivity contribution is 5.96. The number of pyridine rings is 1. The number of hydrogen-bond acceptors (Lipinski definition) is 7. The molecule has 2 N–H and O–H groups in total. The molecule has 0 radical (unpaired) electrons. The molecular weight excluding hydrogens is 300 g/mol. The van der Waals surface area contributed by atoms with Gasteiger partial charge < -0.3 is 15.4 Å². The van der Waals surface area contributed by atoms with E-state index in [1.54, 1.807) is 6.20 Å². The standard InChI is InChI=1S/C15H16N4O4/c1-23-15(20)12-10-11(19(21)22)5-6-13(12)16-8-9-18-14-4-2-3-7-17-14/h2-7,10,16H,8-9H2,1H3,(H,17,18). The Morgan fingerprint density at radius 3 is 2.70 bits per heavy atom. The number of nitrogens with zero attached hydrogens (tertiary/aromatic N) is 2. The van der Waals surface area contributed by atoms with Gasteiger partial charge in [0.15, 0.2) is 0 Å². The van der Waals surface area contributed by atoms with Crippen molar-refractivity contribution < 1.29 is 14.5 Å². The highest BCUT2D eigenvalue weighted by Crippen LogP contribution is 2.22. The molecule has 1 heterocycles. The molecule has 0 aliphatic carbocycles. The smallest absolute Gasteiger partial charge is 0.340 e. The lowest BCUT2D eigenvalue weighted by Crippen LogP contribution is -2.16. The van der Waals surface area contributed by atoms with E-state index in [0.717, 1.165) is 5.82 Å². The van der Waals surface area contributed by atoms with Crippen LogP contribution in [0.5, 0.6) is 0 Å². The van der Waals surface area contributed by atoms with Crippen molar-refractivity contribution in [2.45, 2.75) is 0 Å². The summed E-state index contributed by atoms with van der Waals surface area (Å²) in [4.78, 5) is 26.1. The van der Waals surface area contributed by atoms with Gasteiger partial charge in [-0.15, -0.1) is 0 Å². The Balaban J connectivity index is 2.01. The number of esters is 1. The molecule has 1 aromatic carbocycles. The minimum absolute atomic E-state index is 0.125. The van der Waals surface area contributed by atoms with E-state index >= 15 is 0 Å². The monoisotopic (exact) mass is 316 g/mol. The van der Waals surface area contributed by atoms with Crippen molar-refractivity contribution in [3.63, 3.8) is 0 Å². The molecule has 1 aromatic heterocycles. The number of nitro benzene ring substituents is 1. The van der Waals surface area contributed by atoms with Crippen LogP contribution in [0.4, 0.5) is 17.2 Å². The number of non-ortho nitro benzene ring substituents is 1. The first-order chi connectivity index (χ1) is 11.1. The van der Waals surface area contributed by atoms with Crippen molar-refractivity contribution in [2.24, 2.45) is 0 Å². The molecule has 0 spiro atoms. The third-order valence-electron chi connectivity index (χ3n) is 3.03. The Hall–Kier alpha value is -3.16. The number of nitro groups is 1. The fraction of sp³-hybridized carbons (Fsp3) is 0.200. The zero-order valence-corrected chi connectivity index (χ0v) is 12.5. The van der Waals surface area contributed by atoms with Gasteiger partial charge in [-0.05, 0) is 18.2 Å². The fourth-order valence-corrected chi connectivity index (χ4v) is 1.93. The predicted octanol–water partition coefficient (Wildman–Crippen LogP) is 2.30. The number of nitrogens with one attached hydrogen (secondary N) is 2. The van der Waals surface area contributed by atoms with E-state index in [1.807, 2.05) is 18.2 Å². The van der Waals surface area contributed by atoms with Gasteiger partial charge in [0, 0.05) is 37.1 Å². The van der Waals surface area contributed by atoms with E-state index in [9.17, 15) is 14.9 Å². The second-order valence-corrected chi connectivity index (χ2v) is 4.55. The molecule has 2 aromatic rings. The average molecular weight is 316 g/mol. The summed E-state index contributed by atoms with van der Waals surface area (Å²) in [6.07, 6.45) is 1.68. The molecule has 0 saturated carbocycles. The molecular formula is C15H16N4O4. The number of methoxy groups -OCH3 is 1. The number of rotatable bonds is 7. The van der Waals surface area contributed by atoms with Gasteiger partial charge in [-0.2, -0.15) is 0 Å². The Labute approximate surface area is 132 Å². The molecule has 8 heteroatoms. The Bertz CT molecular complexity index is 691. The number of ether oxygens (including phenoxy) is 1. The van der Waals surface area contributed by atoms with Gasteiger partial charge in [-0.25, -0.2) is 9.78 Å². The summed E-state index contributed by atoms with van der Waals surface area (Å²) >= 11 is 0. The maximum absolute atomic E-state index is 11.8. The molecule has 0 aliphatic heterocycles. The maximum Gasteiger partial charge on any atom is 0.340 e. The van der Waals surface area contributed by atoms with E-state index in [0.29, 0.717) is 18.8 Å². The Morgan fingerprint density at radius 2 is 2.04 bits per heavy atom. The molecule has 0 bridgehead atoms. The van der Waals surface area contributed by atoms with Crippen molar-refractivity contribution in [3.8, 4) is 0 Å². The SMILES string of the molecule is COC(=O)c1cc([N+](=O)[O-])ccc1NCCNc1ccccn1. The Morgan fingerprint density at radius 1 is 1.26 bits per heavy atom. The lowest BCUT2D eigenvalue weighted by Gasteiger charge is -2.11.